The van der Waals surface area contributed by atoms with Crippen molar-refractivity contribution in [1.29, 1.82) is 0 Å². The molecule has 0 aromatic heterocycles. The molecule has 2 bridgehead atoms. The van der Waals surface area contributed by atoms with E-state index in [1.807, 2.05) is 0 Å². The second-order valence-corrected chi connectivity index (χ2v) is 7.99. The third-order valence-corrected chi connectivity index (χ3v) is 8.22. The van der Waals surface area contributed by atoms with Crippen LogP contribution in [-0.2, 0) is 9.59 Å². The Kier molecular flexibility index (Phi) is 2.94. The van der Waals surface area contributed by atoms with E-state index in [0.717, 1.165) is 12.2 Å². The van der Waals surface area contributed by atoms with Gasteiger partial charge in [-0.25, -0.2) is 0 Å². The Morgan fingerprint density at radius 3 is 1.42 bits per heavy atom. The summed E-state index contributed by atoms with van der Waals surface area (Å²) in [6.45, 7) is 0. The number of fused-ring (bicyclic) bond motifs is 5. The van der Waals surface area contributed by atoms with E-state index >= 15 is 0 Å². The first-order valence-corrected chi connectivity index (χ1v) is 7.46. The molecule has 102 valence electrons. The molecule has 2 unspecified atom stereocenters. The Labute approximate surface area is 138 Å². The lowest BCUT2D eigenvalue weighted by Gasteiger charge is -2.35. The summed E-state index contributed by atoms with van der Waals surface area (Å²) in [6.07, 6.45) is 2.27. The van der Waals surface area contributed by atoms with Crippen LogP contribution in [0.3, 0.4) is 0 Å². The standard InChI is InChI=1S/C11H4Cl6O2/c12-7-8(13)10(15)6-4(19)2-1-3(18)5(6)9(7,14)11(10,16)17/h1-2,5-6H/t5?,6?,9-,10+. The minimum Gasteiger partial charge on any atom is -0.294 e. The van der Waals surface area contributed by atoms with Gasteiger partial charge in [-0.15, -0.1) is 23.2 Å². The van der Waals surface area contributed by atoms with Crippen LogP contribution in [0.15, 0.2) is 22.2 Å². The molecule has 0 radical (unpaired) electrons. The number of hydrogen-bond donors (Lipinski definition) is 0. The van der Waals surface area contributed by atoms with Crippen molar-refractivity contribution in [3.05, 3.63) is 22.2 Å². The Balaban J connectivity index is 2.38. The maximum atomic E-state index is 12.1. The minimum absolute atomic E-state index is 0.0754. The average molecular weight is 381 g/mol. The lowest BCUT2D eigenvalue weighted by Crippen LogP contribution is -2.46. The number of ketones is 2. The van der Waals surface area contributed by atoms with Gasteiger partial charge in [-0.05, 0) is 12.2 Å². The largest absolute Gasteiger partial charge is 0.294 e. The van der Waals surface area contributed by atoms with Gasteiger partial charge in [-0.2, -0.15) is 0 Å². The van der Waals surface area contributed by atoms with Crippen molar-refractivity contribution < 1.29 is 9.59 Å². The molecular formula is C11H4Cl6O2. The molecule has 0 spiro atoms. The Bertz CT molecular complexity index is 546. The van der Waals surface area contributed by atoms with Crippen LogP contribution in [0.5, 0.6) is 0 Å². The number of halogens is 6. The van der Waals surface area contributed by atoms with Gasteiger partial charge in [-0.1, -0.05) is 46.4 Å². The van der Waals surface area contributed by atoms with E-state index in [1.165, 1.54) is 0 Å². The van der Waals surface area contributed by atoms with Gasteiger partial charge in [0.1, 0.15) is 9.75 Å². The zero-order valence-corrected chi connectivity index (χ0v) is 13.4. The van der Waals surface area contributed by atoms with Crippen molar-refractivity contribution in [2.75, 3.05) is 0 Å². The number of carbonyl (C=O) groups is 2. The van der Waals surface area contributed by atoms with Crippen LogP contribution >= 0.6 is 69.6 Å². The van der Waals surface area contributed by atoms with Crippen molar-refractivity contribution in [3.8, 4) is 0 Å². The molecule has 3 aliphatic rings. The number of alkyl halides is 4. The van der Waals surface area contributed by atoms with Crippen LogP contribution in [0.4, 0.5) is 0 Å². The summed E-state index contributed by atoms with van der Waals surface area (Å²) in [5, 5.41) is -0.151. The summed E-state index contributed by atoms with van der Waals surface area (Å²) in [7, 11) is 0. The van der Waals surface area contributed by atoms with E-state index in [0.29, 0.717) is 0 Å². The second-order valence-electron chi connectivity index (χ2n) is 4.72. The molecule has 0 aliphatic heterocycles. The zero-order chi connectivity index (χ0) is 14.4. The third kappa shape index (κ3) is 1.26. The van der Waals surface area contributed by atoms with Gasteiger partial charge in [0.25, 0.3) is 0 Å². The van der Waals surface area contributed by atoms with Gasteiger partial charge >= 0.3 is 0 Å². The molecule has 0 N–H and O–H groups in total. The molecule has 0 saturated heterocycles. The first kappa shape index (κ1) is 14.5. The quantitative estimate of drug-likeness (QED) is 0.599. The van der Waals surface area contributed by atoms with E-state index in [2.05, 4.69) is 0 Å². The van der Waals surface area contributed by atoms with Gasteiger partial charge in [0.15, 0.2) is 15.9 Å². The number of rotatable bonds is 0. The molecule has 19 heavy (non-hydrogen) atoms. The summed E-state index contributed by atoms with van der Waals surface area (Å²) >= 11 is 37.6. The highest BCUT2D eigenvalue weighted by atomic mass is 35.5. The first-order chi connectivity index (χ1) is 8.61. The van der Waals surface area contributed by atoms with Crippen LogP contribution in [0, 0.1) is 11.8 Å². The van der Waals surface area contributed by atoms with Crippen LogP contribution in [0.25, 0.3) is 0 Å². The van der Waals surface area contributed by atoms with Gasteiger partial charge in [0, 0.05) is 0 Å². The molecule has 0 aromatic carbocycles. The maximum absolute atomic E-state index is 12.1. The smallest absolute Gasteiger partial charge is 0.167 e. The molecule has 4 atom stereocenters. The Morgan fingerprint density at radius 2 is 1.11 bits per heavy atom. The SMILES string of the molecule is O=C1C=CC(=O)C2C1[C@]1(Cl)C(Cl)=C(Cl)[C@@]2(Cl)C1(Cl)Cl. The minimum atomic E-state index is -1.86. The van der Waals surface area contributed by atoms with Gasteiger partial charge < -0.3 is 0 Å². The average Bonchev–Trinajstić information content (AvgIpc) is 2.55. The third-order valence-electron chi connectivity index (χ3n) is 3.96. The topological polar surface area (TPSA) is 34.1 Å². The van der Waals surface area contributed by atoms with E-state index in [1.54, 1.807) is 0 Å². The summed E-state index contributed by atoms with van der Waals surface area (Å²) in [6, 6.07) is 0. The highest BCUT2D eigenvalue weighted by Gasteiger charge is 2.84. The zero-order valence-electron chi connectivity index (χ0n) is 8.89. The van der Waals surface area contributed by atoms with Crippen LogP contribution < -0.4 is 0 Å². The van der Waals surface area contributed by atoms with Crippen LogP contribution in [-0.4, -0.2) is 25.6 Å². The van der Waals surface area contributed by atoms with E-state index < -0.39 is 37.5 Å². The first-order valence-electron chi connectivity index (χ1n) is 5.19. The van der Waals surface area contributed by atoms with E-state index in [9.17, 15) is 9.59 Å². The number of carbonyl (C=O) groups excluding carboxylic acids is 2. The summed E-state index contributed by atoms with van der Waals surface area (Å²) < 4.78 is -1.86. The molecule has 8 heteroatoms. The Morgan fingerprint density at radius 1 is 0.789 bits per heavy atom. The molecule has 2 nitrogen and oxygen atoms in total. The van der Waals surface area contributed by atoms with Crippen LogP contribution in [0.2, 0.25) is 0 Å². The van der Waals surface area contributed by atoms with Crippen LogP contribution in [0.1, 0.15) is 0 Å². The molecule has 1 fully saturated rings. The molecule has 0 amide bonds. The highest BCUT2D eigenvalue weighted by Crippen LogP contribution is 2.76. The molecule has 3 rings (SSSR count). The predicted octanol–water partition coefficient (Wildman–Crippen LogP) is 3.77. The second kappa shape index (κ2) is 3.85. The molecule has 0 aromatic rings. The summed E-state index contributed by atoms with van der Waals surface area (Å²) in [4.78, 5) is 20.8. The van der Waals surface area contributed by atoms with Crippen molar-refractivity contribution in [3.63, 3.8) is 0 Å². The molecule has 0 heterocycles. The van der Waals surface area contributed by atoms with E-state index in [4.69, 9.17) is 69.6 Å². The molecule has 1 saturated carbocycles. The predicted molar refractivity (Wildman–Crippen MR) is 76.5 cm³/mol. The van der Waals surface area contributed by atoms with Gasteiger partial charge in [0.05, 0.1) is 21.9 Å². The van der Waals surface area contributed by atoms with Crippen molar-refractivity contribution in [2.45, 2.75) is 14.1 Å². The normalized spacial score (nSPS) is 47.1. The van der Waals surface area contributed by atoms with Crippen molar-refractivity contribution in [1.82, 2.24) is 0 Å². The lowest BCUT2D eigenvalue weighted by atomic mass is 9.74. The van der Waals surface area contributed by atoms with Crippen molar-refractivity contribution in [2.24, 2.45) is 11.8 Å². The van der Waals surface area contributed by atoms with Gasteiger partial charge in [-0.3, -0.25) is 9.59 Å². The summed E-state index contributed by atoms with van der Waals surface area (Å²) in [5.41, 5.74) is 0. The monoisotopic (exact) mass is 378 g/mol. The number of allylic oxidation sites excluding steroid dienone is 4. The summed E-state index contributed by atoms with van der Waals surface area (Å²) in [5.74, 6) is -2.83. The van der Waals surface area contributed by atoms with Crippen molar-refractivity contribution >= 4 is 81.2 Å². The maximum Gasteiger partial charge on any atom is 0.167 e. The molecular weight excluding hydrogens is 377 g/mol. The lowest BCUT2D eigenvalue weighted by molar-refractivity contribution is -0.128. The fourth-order valence-electron chi connectivity index (χ4n) is 3.07. The van der Waals surface area contributed by atoms with E-state index in [-0.39, 0.29) is 10.1 Å². The molecule has 3 aliphatic carbocycles. The fraction of sp³-hybridized carbons (Fsp3) is 0.455. The number of hydrogen-bond acceptors (Lipinski definition) is 2. The Hall–Kier alpha value is 0.560. The fourth-order valence-corrected chi connectivity index (χ4v) is 6.03. The highest BCUT2D eigenvalue weighted by molar-refractivity contribution is 6.66. The van der Waals surface area contributed by atoms with Gasteiger partial charge in [0.2, 0.25) is 0 Å².